The number of hydrogen-bond acceptors (Lipinski definition) is 10. The normalized spacial score (nSPS) is 11.5. The zero-order valence-electron chi connectivity index (χ0n) is 26.4. The molecule has 0 aliphatic rings. The van der Waals surface area contributed by atoms with Crippen molar-refractivity contribution in [2.45, 2.75) is 48.0 Å². The van der Waals surface area contributed by atoms with Crippen LogP contribution in [0.3, 0.4) is 0 Å². The third-order valence-electron chi connectivity index (χ3n) is 5.95. The second-order valence-electron chi connectivity index (χ2n) is 9.44. The van der Waals surface area contributed by atoms with Crippen molar-refractivity contribution < 1.29 is 70.3 Å². The summed E-state index contributed by atoms with van der Waals surface area (Å²) in [5.41, 5.74) is 9.89. The van der Waals surface area contributed by atoms with Gasteiger partial charge in [0.1, 0.15) is 0 Å². The average molecular weight is 705 g/mol. The van der Waals surface area contributed by atoms with Crippen molar-refractivity contribution in [1.29, 1.82) is 0 Å². The first-order valence-electron chi connectivity index (χ1n) is 13.6. The van der Waals surface area contributed by atoms with Crippen molar-refractivity contribution in [2.24, 2.45) is 0 Å². The summed E-state index contributed by atoms with van der Waals surface area (Å²) in [6, 6.07) is 15.6. The Labute approximate surface area is 281 Å². The van der Waals surface area contributed by atoms with Crippen molar-refractivity contribution >= 4 is 39.3 Å². The second-order valence-corrected chi connectivity index (χ2v) is 10.2. The number of aromatic nitrogens is 1. The minimum absolute atomic E-state index is 0. The molecule has 2 N–H and O–H groups in total. The van der Waals surface area contributed by atoms with Crippen LogP contribution in [0.1, 0.15) is 58.3 Å². The molecule has 0 aliphatic heterocycles. The molecular weight excluding hydrogens is 667 g/mol. The van der Waals surface area contributed by atoms with Crippen LogP contribution in [0.4, 0.5) is 0 Å². The van der Waals surface area contributed by atoms with E-state index in [-0.39, 0.29) is 45.8 Å². The fourth-order valence-electron chi connectivity index (χ4n) is 3.16. The van der Waals surface area contributed by atoms with E-state index in [0.29, 0.717) is 42.9 Å². The van der Waals surface area contributed by atoms with Gasteiger partial charge in [-0.2, -0.15) is 13.1 Å². The Morgan fingerprint density at radius 1 is 0.804 bits per heavy atom. The first-order valence-corrected chi connectivity index (χ1v) is 14.8. The molecule has 13 nitrogen and oxygen atoms in total. The molecule has 0 radical (unpaired) electrons. The molecule has 1 aromatic heterocycles. The Morgan fingerprint density at radius 3 is 1.76 bits per heavy atom. The first-order chi connectivity index (χ1) is 20.9. The molecule has 0 fully saturated rings. The number of nitrogens with one attached hydrogen (secondary N) is 2. The van der Waals surface area contributed by atoms with Crippen molar-refractivity contribution in [3.05, 3.63) is 87.8 Å². The molecule has 3 aromatic rings. The molecule has 1 amide bonds. The molecule has 0 saturated heterocycles. The van der Waals surface area contributed by atoms with E-state index in [1.54, 1.807) is 0 Å². The van der Waals surface area contributed by atoms with E-state index in [1.165, 1.54) is 41.5 Å². The number of pyridine rings is 1. The number of benzene rings is 2. The van der Waals surface area contributed by atoms with Gasteiger partial charge in [-0.3, -0.25) is 14.4 Å². The Hall–Kier alpha value is -3.44. The summed E-state index contributed by atoms with van der Waals surface area (Å²) in [5, 5.41) is 29.8. The third-order valence-corrected chi connectivity index (χ3v) is 5.95. The molecule has 2 aromatic carbocycles. The fraction of sp³-hybridized carbons (Fsp3) is 0.355. The number of halogens is 1. The molecule has 0 unspecified atom stereocenters. The Bertz CT molecular complexity index is 1440. The number of carbonyl (C=O) groups is 3. The third kappa shape index (κ3) is 19.2. The standard InChI is InChI=1S/C19H20N4O.2C6H10O2.ClHO4.Co/c20-9-12-21-10-4-11-22-19(24)16-7-3-6-15-13-14-5-1-2-8-17(14)23-18(15)16;2*1-4(5(2)7)6(3)8;2-1(3,4)5;/h1-3,5-8,13,20H,4,9-12H2,(H,22,24);2*7H,1-3H3;(H,2,3,4,5);/q-2;;;;+3/p-3/b;2*5-4-;;. The van der Waals surface area contributed by atoms with Gasteiger partial charge in [-0.15, -0.1) is 28.3 Å². The van der Waals surface area contributed by atoms with Gasteiger partial charge in [-0.05, 0) is 57.0 Å². The molecule has 0 spiro atoms. The van der Waals surface area contributed by atoms with Gasteiger partial charge in [0.25, 0.3) is 5.91 Å². The quantitative estimate of drug-likeness (QED) is 0.131. The average Bonchev–Trinajstić information content (AvgIpc) is 2.96. The number of allylic oxidation sites excluding steroid dienone is 4. The minimum atomic E-state index is -4.94. The Balaban J connectivity index is 0. The number of ketones is 2. The van der Waals surface area contributed by atoms with E-state index >= 15 is 0 Å². The van der Waals surface area contributed by atoms with E-state index in [9.17, 15) is 24.6 Å². The largest absolute Gasteiger partial charge is 3.00 e. The maximum Gasteiger partial charge on any atom is 3.00 e. The Kier molecular flexibility index (Phi) is 22.3. The van der Waals surface area contributed by atoms with E-state index < -0.39 is 10.2 Å². The molecule has 0 saturated carbocycles. The molecule has 46 heavy (non-hydrogen) atoms. The second kappa shape index (κ2) is 23.0. The van der Waals surface area contributed by atoms with Crippen LogP contribution in [-0.2, 0) is 26.4 Å². The maximum absolute atomic E-state index is 12.5. The number of rotatable bonds is 9. The zero-order valence-corrected chi connectivity index (χ0v) is 28.2. The number of amides is 1. The van der Waals surface area contributed by atoms with E-state index in [4.69, 9.17) is 24.4 Å². The van der Waals surface area contributed by atoms with Crippen LogP contribution in [0.2, 0.25) is 0 Å². The van der Waals surface area contributed by atoms with Crippen LogP contribution in [0.15, 0.2) is 71.2 Å². The van der Waals surface area contributed by atoms with Gasteiger partial charge >= 0.3 is 16.8 Å². The molecule has 15 heteroatoms. The molecule has 0 atom stereocenters. The van der Waals surface area contributed by atoms with Crippen LogP contribution >= 0.6 is 0 Å². The van der Waals surface area contributed by atoms with Crippen LogP contribution in [0.5, 0.6) is 0 Å². The van der Waals surface area contributed by atoms with Gasteiger partial charge in [-0.25, -0.2) is 23.6 Å². The molecule has 0 bridgehead atoms. The van der Waals surface area contributed by atoms with Crippen LogP contribution in [0, 0.1) is 10.2 Å². The van der Waals surface area contributed by atoms with E-state index in [0.717, 1.165) is 28.2 Å². The van der Waals surface area contributed by atoms with E-state index in [1.807, 2.05) is 42.5 Å². The van der Waals surface area contributed by atoms with Gasteiger partial charge < -0.3 is 26.6 Å². The number of carbonyl (C=O) groups excluding carboxylic acids is 3. The van der Waals surface area contributed by atoms with Gasteiger partial charge in [0.2, 0.25) is 0 Å². The first kappa shape index (κ1) is 44.7. The number of fused-ring (bicyclic) bond motifs is 2. The van der Waals surface area contributed by atoms with Gasteiger partial charge in [-0.1, -0.05) is 50.6 Å². The van der Waals surface area contributed by atoms with Crippen molar-refractivity contribution in [1.82, 2.24) is 10.3 Å². The predicted octanol–water partition coefficient (Wildman–Crippen LogP) is -0.365. The topological polar surface area (TPSA) is 252 Å². The molecular formula is C31H38ClCoN4O9-2. The summed E-state index contributed by atoms with van der Waals surface area (Å²) in [6.07, 6.45) is 0.785. The van der Waals surface area contributed by atoms with Crippen LogP contribution in [-0.4, -0.2) is 48.6 Å². The molecule has 0 aliphatic carbocycles. The number of para-hydroxylation sites is 2. The number of Topliss-reactive ketones (excluding diaryl/α,β-unsaturated/α-hetero) is 2. The van der Waals surface area contributed by atoms with Gasteiger partial charge in [0.05, 0.1) is 16.6 Å². The van der Waals surface area contributed by atoms with Crippen molar-refractivity contribution in [3.8, 4) is 0 Å². The van der Waals surface area contributed by atoms with Gasteiger partial charge in [0.15, 0.2) is 11.6 Å². The molecule has 254 valence electrons. The summed E-state index contributed by atoms with van der Waals surface area (Å²) in [5.74, 6) is -0.672. The molecule has 1 heterocycles. The summed E-state index contributed by atoms with van der Waals surface area (Å²) in [6.45, 7) is 10.7. The smallest absolute Gasteiger partial charge is 0.875 e. The summed E-state index contributed by atoms with van der Waals surface area (Å²) in [4.78, 5) is 37.8. The number of nitrogens with zero attached hydrogens (tertiary/aromatic N) is 2. The van der Waals surface area contributed by atoms with Crippen molar-refractivity contribution in [2.75, 3.05) is 26.2 Å². The van der Waals surface area contributed by atoms with Crippen molar-refractivity contribution in [3.63, 3.8) is 0 Å². The number of hydrogen-bond donors (Lipinski definition) is 1. The zero-order chi connectivity index (χ0) is 34.7. The monoisotopic (exact) mass is 704 g/mol. The molecule has 3 rings (SSSR count). The van der Waals surface area contributed by atoms with Crippen LogP contribution < -0.4 is 34.2 Å². The van der Waals surface area contributed by atoms with E-state index in [2.05, 4.69) is 21.7 Å². The SMILES string of the molecule is CC(=O)/C(C)=C(/C)[O-].CC(=O)/C(C)=C(/C)[O-].[Co+3].[NH-]CC[N-]CCCNC(=O)c1cccc2cc3ccccc3nc12.[O-][Cl+3]([O-])([O-])[O-]. The fourth-order valence-corrected chi connectivity index (χ4v) is 3.16. The summed E-state index contributed by atoms with van der Waals surface area (Å²) in [7, 11) is -4.94. The summed E-state index contributed by atoms with van der Waals surface area (Å²) < 4.78 is 34.0. The maximum atomic E-state index is 12.5. The Morgan fingerprint density at radius 2 is 1.30 bits per heavy atom. The van der Waals surface area contributed by atoms with Crippen LogP contribution in [0.25, 0.3) is 32.9 Å². The predicted molar refractivity (Wildman–Crippen MR) is 157 cm³/mol. The van der Waals surface area contributed by atoms with Gasteiger partial charge in [0, 0.05) is 17.3 Å². The summed E-state index contributed by atoms with van der Waals surface area (Å²) >= 11 is 0. The minimum Gasteiger partial charge on any atom is -0.875 e.